The zero-order valence-electron chi connectivity index (χ0n) is 8.64. The summed E-state index contributed by atoms with van der Waals surface area (Å²) in [5.74, 6) is -0.889. The van der Waals surface area contributed by atoms with E-state index in [1.165, 1.54) is 6.08 Å². The van der Waals surface area contributed by atoms with E-state index in [4.69, 9.17) is 9.84 Å². The van der Waals surface area contributed by atoms with Gasteiger partial charge < -0.3 is 9.84 Å². The highest BCUT2D eigenvalue weighted by Crippen LogP contribution is 2.09. The van der Waals surface area contributed by atoms with Gasteiger partial charge in [-0.15, -0.1) is 0 Å². The van der Waals surface area contributed by atoms with Gasteiger partial charge >= 0.3 is 5.97 Å². The van der Waals surface area contributed by atoms with E-state index < -0.39 is 5.97 Å². The number of nitrogens with zero attached hydrogens (tertiary/aromatic N) is 1. The molecule has 1 N–H and O–H groups in total. The van der Waals surface area contributed by atoms with Crippen molar-refractivity contribution in [2.24, 2.45) is 0 Å². The van der Waals surface area contributed by atoms with Gasteiger partial charge in [-0.1, -0.05) is 6.08 Å². The van der Waals surface area contributed by atoms with Crippen LogP contribution in [0.25, 0.3) is 0 Å². The lowest BCUT2D eigenvalue weighted by atomic mass is 10.2. The third-order valence-electron chi connectivity index (χ3n) is 2.12. The fraction of sp³-hybridized carbons (Fsp3) is 0.700. The minimum atomic E-state index is -0.889. The number of morpholine rings is 1. The van der Waals surface area contributed by atoms with Crippen molar-refractivity contribution in [1.82, 2.24) is 4.90 Å². The van der Waals surface area contributed by atoms with Crippen LogP contribution in [-0.2, 0) is 9.53 Å². The third-order valence-corrected chi connectivity index (χ3v) is 2.12. The Balaban J connectivity index is 2.33. The molecule has 0 aromatic heterocycles. The number of carbonyl (C=O) groups is 1. The third kappa shape index (κ3) is 3.89. The topological polar surface area (TPSA) is 49.8 Å². The summed E-state index contributed by atoms with van der Waals surface area (Å²) in [5, 5.41) is 8.42. The largest absolute Gasteiger partial charge is 0.478 e. The number of rotatable bonds is 3. The Morgan fingerprint density at radius 1 is 1.50 bits per heavy atom. The molecule has 2 atom stereocenters. The lowest BCUT2D eigenvalue weighted by Crippen LogP contribution is -2.45. The van der Waals surface area contributed by atoms with Crippen molar-refractivity contribution in [3.05, 3.63) is 12.2 Å². The molecule has 0 aliphatic carbocycles. The Bertz CT molecular complexity index is 217. The average Bonchev–Trinajstić information content (AvgIpc) is 2.01. The van der Waals surface area contributed by atoms with Gasteiger partial charge in [0.1, 0.15) is 0 Å². The predicted molar refractivity (Wildman–Crippen MR) is 53.2 cm³/mol. The SMILES string of the molecule is CC1CN(C/C=C/C(=O)O)CC(C)O1. The standard InChI is InChI=1S/C10H17NO3/c1-8-6-11(7-9(2)14-8)5-3-4-10(12)13/h3-4,8-9H,5-7H2,1-2H3,(H,12,13)/b4-3+. The van der Waals surface area contributed by atoms with Crippen molar-refractivity contribution in [3.63, 3.8) is 0 Å². The van der Waals surface area contributed by atoms with Crippen LogP contribution in [0.15, 0.2) is 12.2 Å². The molecule has 14 heavy (non-hydrogen) atoms. The van der Waals surface area contributed by atoms with Crippen LogP contribution in [0.2, 0.25) is 0 Å². The monoisotopic (exact) mass is 199 g/mol. The normalized spacial score (nSPS) is 29.6. The van der Waals surface area contributed by atoms with Crippen molar-refractivity contribution in [3.8, 4) is 0 Å². The first kappa shape index (κ1) is 11.2. The fourth-order valence-electron chi connectivity index (χ4n) is 1.74. The molecule has 0 spiro atoms. The number of hydrogen-bond donors (Lipinski definition) is 1. The van der Waals surface area contributed by atoms with Gasteiger partial charge in [-0.05, 0) is 13.8 Å². The minimum Gasteiger partial charge on any atom is -0.478 e. The summed E-state index contributed by atoms with van der Waals surface area (Å²) in [5.41, 5.74) is 0. The van der Waals surface area contributed by atoms with E-state index in [-0.39, 0.29) is 12.2 Å². The van der Waals surface area contributed by atoms with E-state index in [1.54, 1.807) is 6.08 Å². The van der Waals surface area contributed by atoms with Crippen LogP contribution in [0.4, 0.5) is 0 Å². The highest BCUT2D eigenvalue weighted by molar-refractivity contribution is 5.79. The van der Waals surface area contributed by atoms with Crippen LogP contribution in [0.5, 0.6) is 0 Å². The Hall–Kier alpha value is -0.870. The molecule has 4 nitrogen and oxygen atoms in total. The van der Waals surface area contributed by atoms with E-state index in [9.17, 15) is 4.79 Å². The Labute approximate surface area is 84.2 Å². The summed E-state index contributed by atoms with van der Waals surface area (Å²) >= 11 is 0. The van der Waals surface area contributed by atoms with Crippen molar-refractivity contribution >= 4 is 5.97 Å². The fourth-order valence-corrected chi connectivity index (χ4v) is 1.74. The van der Waals surface area contributed by atoms with Crippen LogP contribution in [0.1, 0.15) is 13.8 Å². The minimum absolute atomic E-state index is 0.233. The molecule has 1 aliphatic heterocycles. The maximum absolute atomic E-state index is 10.2. The second-order valence-electron chi connectivity index (χ2n) is 3.72. The van der Waals surface area contributed by atoms with Gasteiger partial charge in [0.15, 0.2) is 0 Å². The molecule has 1 saturated heterocycles. The Kier molecular flexibility index (Phi) is 4.10. The summed E-state index contributed by atoms with van der Waals surface area (Å²) in [6.07, 6.45) is 3.33. The maximum atomic E-state index is 10.2. The van der Waals surface area contributed by atoms with Gasteiger partial charge in [0.2, 0.25) is 0 Å². The second kappa shape index (κ2) is 5.12. The Morgan fingerprint density at radius 2 is 2.07 bits per heavy atom. The van der Waals surface area contributed by atoms with Crippen LogP contribution in [0, 0.1) is 0 Å². The molecule has 1 heterocycles. The predicted octanol–water partition coefficient (Wildman–Crippen LogP) is 0.736. The number of carboxylic acid groups (broad SMARTS) is 1. The molecule has 2 unspecified atom stereocenters. The van der Waals surface area contributed by atoms with Gasteiger partial charge in [0.05, 0.1) is 12.2 Å². The van der Waals surface area contributed by atoms with E-state index in [1.807, 2.05) is 13.8 Å². The molecule has 80 valence electrons. The number of hydrogen-bond acceptors (Lipinski definition) is 3. The van der Waals surface area contributed by atoms with Crippen molar-refractivity contribution in [2.75, 3.05) is 19.6 Å². The summed E-state index contributed by atoms with van der Waals surface area (Å²) in [6, 6.07) is 0. The molecule has 0 bridgehead atoms. The molecule has 4 heteroatoms. The van der Waals surface area contributed by atoms with E-state index in [0.29, 0.717) is 6.54 Å². The van der Waals surface area contributed by atoms with Gasteiger partial charge in [-0.3, -0.25) is 4.90 Å². The van der Waals surface area contributed by atoms with Crippen molar-refractivity contribution in [2.45, 2.75) is 26.1 Å². The quantitative estimate of drug-likeness (QED) is 0.681. The summed E-state index contributed by atoms with van der Waals surface area (Å²) in [6.45, 7) is 6.49. The first-order chi connectivity index (χ1) is 6.58. The number of ether oxygens (including phenoxy) is 1. The zero-order chi connectivity index (χ0) is 10.6. The first-order valence-electron chi connectivity index (χ1n) is 4.85. The lowest BCUT2D eigenvalue weighted by Gasteiger charge is -2.34. The van der Waals surface area contributed by atoms with Crippen molar-refractivity contribution < 1.29 is 14.6 Å². The summed E-state index contributed by atoms with van der Waals surface area (Å²) < 4.78 is 5.56. The molecule has 0 radical (unpaired) electrons. The molecule has 1 rings (SSSR count). The lowest BCUT2D eigenvalue weighted by molar-refractivity contribution is -0.131. The van der Waals surface area contributed by atoms with Crippen LogP contribution in [-0.4, -0.2) is 47.8 Å². The molecule has 1 aliphatic rings. The van der Waals surface area contributed by atoms with Gasteiger partial charge in [0.25, 0.3) is 0 Å². The molecule has 0 aromatic rings. The van der Waals surface area contributed by atoms with Crippen LogP contribution >= 0.6 is 0 Å². The van der Waals surface area contributed by atoms with E-state index in [2.05, 4.69) is 4.90 Å². The highest BCUT2D eigenvalue weighted by atomic mass is 16.5. The van der Waals surface area contributed by atoms with Crippen molar-refractivity contribution in [1.29, 1.82) is 0 Å². The number of carboxylic acids is 1. The zero-order valence-corrected chi connectivity index (χ0v) is 8.64. The maximum Gasteiger partial charge on any atom is 0.328 e. The highest BCUT2D eigenvalue weighted by Gasteiger charge is 2.20. The van der Waals surface area contributed by atoms with Crippen LogP contribution < -0.4 is 0 Å². The first-order valence-corrected chi connectivity index (χ1v) is 4.85. The molecule has 0 amide bonds. The summed E-state index contributed by atoms with van der Waals surface area (Å²) in [7, 11) is 0. The molecular weight excluding hydrogens is 182 g/mol. The van der Waals surface area contributed by atoms with E-state index in [0.717, 1.165) is 13.1 Å². The molecule has 1 fully saturated rings. The average molecular weight is 199 g/mol. The number of aliphatic carboxylic acids is 1. The summed E-state index contributed by atoms with van der Waals surface area (Å²) in [4.78, 5) is 12.4. The molecular formula is C10H17NO3. The van der Waals surface area contributed by atoms with Gasteiger partial charge in [-0.2, -0.15) is 0 Å². The van der Waals surface area contributed by atoms with Gasteiger partial charge in [0, 0.05) is 25.7 Å². The Morgan fingerprint density at radius 3 is 2.57 bits per heavy atom. The smallest absolute Gasteiger partial charge is 0.328 e. The van der Waals surface area contributed by atoms with Crippen LogP contribution in [0.3, 0.4) is 0 Å². The van der Waals surface area contributed by atoms with Gasteiger partial charge in [-0.25, -0.2) is 4.79 Å². The molecule has 0 saturated carbocycles. The second-order valence-corrected chi connectivity index (χ2v) is 3.72. The molecule has 0 aromatic carbocycles. The van der Waals surface area contributed by atoms with E-state index >= 15 is 0 Å².